The van der Waals surface area contributed by atoms with Gasteiger partial charge in [0.2, 0.25) is 0 Å². The van der Waals surface area contributed by atoms with Crippen LogP contribution >= 0.6 is 0 Å². The lowest BCUT2D eigenvalue weighted by atomic mass is 9.96. The molecule has 0 saturated carbocycles. The van der Waals surface area contributed by atoms with E-state index in [4.69, 9.17) is 11.3 Å². The maximum Gasteiger partial charge on any atom is 0.160 e. The quantitative estimate of drug-likeness (QED) is 0.165. The van der Waals surface area contributed by atoms with Crippen molar-refractivity contribution in [2.24, 2.45) is 0 Å². The van der Waals surface area contributed by atoms with Crippen molar-refractivity contribution in [2.45, 2.75) is 0 Å². The zero-order valence-corrected chi connectivity index (χ0v) is 29.2. The van der Waals surface area contributed by atoms with E-state index in [2.05, 4.69) is 126 Å². The molecule has 254 valence electrons. The fourth-order valence-electron chi connectivity index (χ4n) is 7.63. The van der Waals surface area contributed by atoms with Gasteiger partial charge in [0.25, 0.3) is 0 Å². The molecule has 10 aromatic rings. The van der Waals surface area contributed by atoms with E-state index in [-0.39, 0.29) is 29.7 Å². The van der Waals surface area contributed by atoms with Crippen molar-refractivity contribution in [3.8, 4) is 44.5 Å². The SMILES string of the molecule is [2H]c1c([2H])c([2H])c(-c2ccc(N(c3ccc(-c4cccc5ccccc45)cc3)c3ccc(-c4ccccc4)c4c3oc3c(-c5ccccc5)cccc34)cc2)c([2H])c1[2H]. The molecule has 0 atom stereocenters. The molecular formula is C52H35NO. The van der Waals surface area contributed by atoms with Gasteiger partial charge in [-0.2, -0.15) is 0 Å². The Kier molecular flexibility index (Phi) is 6.61. The van der Waals surface area contributed by atoms with E-state index in [0.29, 0.717) is 5.56 Å². The first-order chi connectivity index (χ1) is 28.9. The summed E-state index contributed by atoms with van der Waals surface area (Å²) in [6.45, 7) is 0. The van der Waals surface area contributed by atoms with E-state index in [0.717, 1.165) is 72.4 Å². The molecule has 54 heavy (non-hydrogen) atoms. The molecule has 1 aromatic heterocycles. The van der Waals surface area contributed by atoms with Gasteiger partial charge in [-0.15, -0.1) is 0 Å². The van der Waals surface area contributed by atoms with Crippen LogP contribution in [-0.2, 0) is 0 Å². The van der Waals surface area contributed by atoms with E-state index in [1.54, 1.807) is 0 Å². The Labute approximate surface area is 321 Å². The molecule has 0 bridgehead atoms. The van der Waals surface area contributed by atoms with Crippen LogP contribution in [0.15, 0.2) is 217 Å². The molecule has 2 nitrogen and oxygen atoms in total. The Morgan fingerprint density at radius 1 is 0.370 bits per heavy atom. The van der Waals surface area contributed by atoms with Gasteiger partial charge in [0.15, 0.2) is 5.58 Å². The van der Waals surface area contributed by atoms with Gasteiger partial charge in [-0.05, 0) is 80.0 Å². The van der Waals surface area contributed by atoms with Crippen molar-refractivity contribution in [3.05, 3.63) is 212 Å². The van der Waals surface area contributed by atoms with Crippen molar-refractivity contribution in [1.82, 2.24) is 0 Å². The second-order valence-corrected chi connectivity index (χ2v) is 13.3. The first-order valence-electron chi connectivity index (χ1n) is 20.5. The smallest absolute Gasteiger partial charge is 0.160 e. The lowest BCUT2D eigenvalue weighted by Crippen LogP contribution is -2.10. The summed E-state index contributed by atoms with van der Waals surface area (Å²) in [4.78, 5) is 2.17. The average Bonchev–Trinajstić information content (AvgIpc) is 3.69. The monoisotopic (exact) mass is 694 g/mol. The van der Waals surface area contributed by atoms with Gasteiger partial charge < -0.3 is 9.32 Å². The first-order valence-corrected chi connectivity index (χ1v) is 18.0. The highest BCUT2D eigenvalue weighted by atomic mass is 16.3. The number of benzene rings is 9. The molecule has 0 amide bonds. The van der Waals surface area contributed by atoms with E-state index < -0.39 is 6.04 Å². The molecular weight excluding hydrogens is 655 g/mol. The Morgan fingerprint density at radius 2 is 0.926 bits per heavy atom. The van der Waals surface area contributed by atoms with E-state index in [1.807, 2.05) is 60.7 Å². The first kappa shape index (κ1) is 26.6. The molecule has 2 heteroatoms. The number of nitrogens with zero attached hydrogens (tertiary/aromatic N) is 1. The fourth-order valence-corrected chi connectivity index (χ4v) is 7.63. The zero-order chi connectivity index (χ0) is 40.2. The van der Waals surface area contributed by atoms with Crippen molar-refractivity contribution < 1.29 is 11.3 Å². The Hall–Kier alpha value is -7.16. The van der Waals surface area contributed by atoms with Gasteiger partial charge in [0, 0.05) is 27.7 Å². The van der Waals surface area contributed by atoms with Gasteiger partial charge in [0.1, 0.15) is 5.58 Å². The van der Waals surface area contributed by atoms with E-state index >= 15 is 0 Å². The number of rotatable bonds is 7. The molecule has 0 aliphatic carbocycles. The maximum absolute atomic E-state index is 8.64. The summed E-state index contributed by atoms with van der Waals surface area (Å²) in [5.41, 5.74) is 11.1. The number of furan rings is 1. The third kappa shape index (κ3) is 5.53. The molecule has 0 aliphatic rings. The number of fused-ring (bicyclic) bond motifs is 4. The molecule has 0 aliphatic heterocycles. The van der Waals surface area contributed by atoms with Crippen LogP contribution in [0.2, 0.25) is 0 Å². The number of anilines is 3. The molecule has 0 fully saturated rings. The summed E-state index contributed by atoms with van der Waals surface area (Å²) in [6, 6.07) is 60.4. The molecule has 1 heterocycles. The van der Waals surface area contributed by atoms with Crippen molar-refractivity contribution in [3.63, 3.8) is 0 Å². The Balaban J connectivity index is 1.21. The number of hydrogen-bond donors (Lipinski definition) is 0. The minimum atomic E-state index is -0.414. The van der Waals surface area contributed by atoms with Crippen molar-refractivity contribution in [1.29, 1.82) is 0 Å². The second-order valence-electron chi connectivity index (χ2n) is 13.3. The minimum Gasteiger partial charge on any atom is -0.453 e. The third-order valence-electron chi connectivity index (χ3n) is 10.2. The highest BCUT2D eigenvalue weighted by molar-refractivity contribution is 6.19. The maximum atomic E-state index is 8.64. The third-order valence-corrected chi connectivity index (χ3v) is 10.2. The lowest BCUT2D eigenvalue weighted by Gasteiger charge is -2.26. The van der Waals surface area contributed by atoms with Crippen LogP contribution in [0.5, 0.6) is 0 Å². The van der Waals surface area contributed by atoms with Crippen molar-refractivity contribution >= 4 is 49.8 Å². The summed E-state index contributed by atoms with van der Waals surface area (Å²) >= 11 is 0. The highest BCUT2D eigenvalue weighted by Gasteiger charge is 2.23. The van der Waals surface area contributed by atoms with Crippen LogP contribution in [0.4, 0.5) is 17.1 Å². The predicted molar refractivity (Wildman–Crippen MR) is 228 cm³/mol. The van der Waals surface area contributed by atoms with Gasteiger partial charge in [-0.25, -0.2) is 0 Å². The topological polar surface area (TPSA) is 16.4 Å². The molecule has 0 spiro atoms. The zero-order valence-electron chi connectivity index (χ0n) is 34.2. The Bertz CT molecular complexity index is 3160. The predicted octanol–water partition coefficient (Wildman–Crippen LogP) is 14.9. The van der Waals surface area contributed by atoms with Crippen LogP contribution < -0.4 is 4.90 Å². The van der Waals surface area contributed by atoms with Gasteiger partial charge in [-0.1, -0.05) is 182 Å². The van der Waals surface area contributed by atoms with Crippen LogP contribution in [0, 0.1) is 0 Å². The van der Waals surface area contributed by atoms with Crippen LogP contribution in [0.1, 0.15) is 6.85 Å². The van der Waals surface area contributed by atoms with Gasteiger partial charge >= 0.3 is 0 Å². The molecule has 0 saturated heterocycles. The summed E-state index contributed by atoms with van der Waals surface area (Å²) < 4.78 is 49.1. The largest absolute Gasteiger partial charge is 0.453 e. The molecule has 0 unspecified atom stereocenters. The molecule has 10 rings (SSSR count). The fraction of sp³-hybridized carbons (Fsp3) is 0. The van der Waals surface area contributed by atoms with Gasteiger partial charge in [0.05, 0.1) is 12.5 Å². The van der Waals surface area contributed by atoms with Crippen LogP contribution in [0.3, 0.4) is 0 Å². The molecule has 9 aromatic carbocycles. The second kappa shape index (κ2) is 13.4. The number of para-hydroxylation sites is 1. The molecule has 0 N–H and O–H groups in total. The summed E-state index contributed by atoms with van der Waals surface area (Å²) in [5.74, 6) is 0. The Morgan fingerprint density at radius 3 is 1.65 bits per heavy atom. The van der Waals surface area contributed by atoms with E-state index in [9.17, 15) is 0 Å². The van der Waals surface area contributed by atoms with Crippen LogP contribution in [-0.4, -0.2) is 0 Å². The van der Waals surface area contributed by atoms with Crippen LogP contribution in [0.25, 0.3) is 77.2 Å². The normalized spacial score (nSPS) is 12.6. The minimum absolute atomic E-state index is 0.161. The summed E-state index contributed by atoms with van der Waals surface area (Å²) in [7, 11) is 0. The van der Waals surface area contributed by atoms with Gasteiger partial charge in [-0.3, -0.25) is 0 Å². The van der Waals surface area contributed by atoms with Crippen molar-refractivity contribution in [2.75, 3.05) is 4.90 Å². The standard InChI is InChI=1S/C52H35NO/c1-4-14-36(15-5-1)37-26-30-42(31-27-37)53(43-32-28-41(29-33-43)45-23-12-21-38-20-10-11-22-44(38)45)49-35-34-46(39-16-6-2-7-17-39)50-48-25-13-24-47(51(48)54-52(49)50)40-18-8-3-9-19-40/h1-35H/i1D,4D,5D,14D,15D. The van der Waals surface area contributed by atoms with E-state index in [1.165, 1.54) is 10.8 Å². The summed E-state index contributed by atoms with van der Waals surface area (Å²) in [5, 5.41) is 4.35. The lowest BCUT2D eigenvalue weighted by molar-refractivity contribution is 0.670. The molecule has 0 radical (unpaired) electrons. The highest BCUT2D eigenvalue weighted by Crippen LogP contribution is 2.48. The average molecular weight is 695 g/mol. The number of hydrogen-bond acceptors (Lipinski definition) is 2. The summed E-state index contributed by atoms with van der Waals surface area (Å²) in [6.07, 6.45) is 0.